The molecule has 1 aliphatic carbocycles. The molecule has 2 aliphatic rings. The lowest BCUT2D eigenvalue weighted by molar-refractivity contribution is -0.145. The molecule has 3 rings (SSSR count). The number of halogens is 1. The van der Waals surface area contributed by atoms with E-state index in [9.17, 15) is 4.79 Å². The second-order valence-electron chi connectivity index (χ2n) is 5.92. The predicted octanol–water partition coefficient (Wildman–Crippen LogP) is 2.78. The predicted molar refractivity (Wildman–Crippen MR) is 84.0 cm³/mol. The first kappa shape index (κ1) is 15.6. The highest BCUT2D eigenvalue weighted by Gasteiger charge is 2.30. The van der Waals surface area contributed by atoms with E-state index >= 15 is 0 Å². The van der Waals surface area contributed by atoms with Gasteiger partial charge in [-0.15, -0.1) is 0 Å². The van der Waals surface area contributed by atoms with Gasteiger partial charge in [0.25, 0.3) is 0 Å². The summed E-state index contributed by atoms with van der Waals surface area (Å²) < 4.78 is 11.0. The highest BCUT2D eigenvalue weighted by molar-refractivity contribution is 6.30. The summed E-state index contributed by atoms with van der Waals surface area (Å²) in [5, 5.41) is 6.63. The minimum absolute atomic E-state index is 0.0573. The Morgan fingerprint density at radius 2 is 2.18 bits per heavy atom. The van der Waals surface area contributed by atoms with Crippen LogP contribution in [0.1, 0.15) is 36.9 Å². The second kappa shape index (κ2) is 6.44. The fourth-order valence-corrected chi connectivity index (χ4v) is 3.24. The molecular formula is C16H21ClN2O3. The highest BCUT2D eigenvalue weighted by atomic mass is 35.5. The number of hydrogen-bond donors (Lipinski definition) is 2. The SMILES string of the molecule is CC1(CCNC(=O)N[C@@H]2CCc3cc(Cl)ccc32)OCCO1. The Morgan fingerprint density at radius 1 is 1.41 bits per heavy atom. The van der Waals surface area contributed by atoms with Gasteiger partial charge in [-0.05, 0) is 43.0 Å². The van der Waals surface area contributed by atoms with E-state index in [2.05, 4.69) is 10.6 Å². The number of amides is 2. The minimum atomic E-state index is -0.565. The topological polar surface area (TPSA) is 59.6 Å². The monoisotopic (exact) mass is 324 g/mol. The Balaban J connectivity index is 1.47. The molecule has 1 aromatic carbocycles. The molecule has 1 aromatic rings. The van der Waals surface area contributed by atoms with Crippen molar-refractivity contribution in [1.82, 2.24) is 10.6 Å². The maximum absolute atomic E-state index is 12.0. The average molecular weight is 325 g/mol. The molecule has 6 heteroatoms. The van der Waals surface area contributed by atoms with E-state index in [1.807, 2.05) is 25.1 Å². The fourth-order valence-electron chi connectivity index (χ4n) is 3.05. The van der Waals surface area contributed by atoms with Crippen LogP contribution in [-0.2, 0) is 15.9 Å². The van der Waals surface area contributed by atoms with Gasteiger partial charge in [-0.3, -0.25) is 0 Å². The summed E-state index contributed by atoms with van der Waals surface area (Å²) in [6.07, 6.45) is 2.49. The zero-order valence-electron chi connectivity index (χ0n) is 12.7. The molecule has 0 unspecified atom stereocenters. The van der Waals surface area contributed by atoms with Gasteiger partial charge in [0.2, 0.25) is 0 Å². The van der Waals surface area contributed by atoms with Crippen molar-refractivity contribution in [3.63, 3.8) is 0 Å². The van der Waals surface area contributed by atoms with Gasteiger partial charge in [0.05, 0.1) is 19.3 Å². The Kier molecular flexibility index (Phi) is 4.57. The molecule has 1 atom stereocenters. The number of rotatable bonds is 4. The lowest BCUT2D eigenvalue weighted by Gasteiger charge is -2.22. The summed E-state index contributed by atoms with van der Waals surface area (Å²) >= 11 is 6.00. The molecule has 120 valence electrons. The first-order chi connectivity index (χ1) is 10.6. The van der Waals surface area contributed by atoms with E-state index in [0.29, 0.717) is 26.2 Å². The fraction of sp³-hybridized carbons (Fsp3) is 0.562. The van der Waals surface area contributed by atoms with Gasteiger partial charge in [-0.25, -0.2) is 4.79 Å². The average Bonchev–Trinajstić information content (AvgIpc) is 3.06. The molecule has 0 aromatic heterocycles. The van der Waals surface area contributed by atoms with Gasteiger partial charge < -0.3 is 20.1 Å². The van der Waals surface area contributed by atoms with Crippen LogP contribution >= 0.6 is 11.6 Å². The largest absolute Gasteiger partial charge is 0.348 e. The summed E-state index contributed by atoms with van der Waals surface area (Å²) in [7, 11) is 0. The molecule has 2 amide bonds. The van der Waals surface area contributed by atoms with E-state index in [0.717, 1.165) is 23.4 Å². The minimum Gasteiger partial charge on any atom is -0.348 e. The van der Waals surface area contributed by atoms with Gasteiger partial charge in [-0.2, -0.15) is 0 Å². The van der Waals surface area contributed by atoms with Gasteiger partial charge in [0, 0.05) is 18.0 Å². The number of carbonyl (C=O) groups excluding carboxylic acids is 1. The number of ether oxygens (including phenoxy) is 2. The number of urea groups is 1. The Labute approximate surface area is 135 Å². The Hall–Kier alpha value is -1.30. The van der Waals surface area contributed by atoms with Crippen LogP contribution in [0, 0.1) is 0 Å². The zero-order chi connectivity index (χ0) is 15.6. The van der Waals surface area contributed by atoms with Crippen LogP contribution in [-0.4, -0.2) is 31.6 Å². The molecule has 1 saturated heterocycles. The first-order valence-corrected chi connectivity index (χ1v) is 8.04. The van der Waals surface area contributed by atoms with Crippen molar-refractivity contribution in [1.29, 1.82) is 0 Å². The van der Waals surface area contributed by atoms with E-state index in [4.69, 9.17) is 21.1 Å². The molecule has 5 nitrogen and oxygen atoms in total. The van der Waals surface area contributed by atoms with Crippen LogP contribution in [0.2, 0.25) is 5.02 Å². The van der Waals surface area contributed by atoms with Crippen LogP contribution in [0.25, 0.3) is 0 Å². The molecule has 0 saturated carbocycles. The van der Waals surface area contributed by atoms with Crippen molar-refractivity contribution < 1.29 is 14.3 Å². The van der Waals surface area contributed by atoms with Crippen LogP contribution in [0.5, 0.6) is 0 Å². The van der Waals surface area contributed by atoms with E-state index < -0.39 is 5.79 Å². The Morgan fingerprint density at radius 3 is 2.95 bits per heavy atom. The molecule has 1 heterocycles. The van der Waals surface area contributed by atoms with Crippen LogP contribution in [0.3, 0.4) is 0 Å². The third-order valence-electron chi connectivity index (χ3n) is 4.25. The molecule has 22 heavy (non-hydrogen) atoms. The maximum atomic E-state index is 12.0. The molecular weight excluding hydrogens is 304 g/mol. The molecule has 2 N–H and O–H groups in total. The highest BCUT2D eigenvalue weighted by Crippen LogP contribution is 2.32. The maximum Gasteiger partial charge on any atom is 0.315 e. The van der Waals surface area contributed by atoms with Gasteiger partial charge in [-0.1, -0.05) is 17.7 Å². The van der Waals surface area contributed by atoms with Crippen molar-refractivity contribution in [3.8, 4) is 0 Å². The molecule has 1 aliphatic heterocycles. The van der Waals surface area contributed by atoms with Gasteiger partial charge in [0.15, 0.2) is 5.79 Å². The van der Waals surface area contributed by atoms with Crippen molar-refractivity contribution >= 4 is 17.6 Å². The first-order valence-electron chi connectivity index (χ1n) is 7.66. The quantitative estimate of drug-likeness (QED) is 0.895. The summed E-state index contributed by atoms with van der Waals surface area (Å²) in [5.41, 5.74) is 2.38. The van der Waals surface area contributed by atoms with Crippen LogP contribution < -0.4 is 10.6 Å². The molecule has 0 radical (unpaired) electrons. The van der Waals surface area contributed by atoms with E-state index in [1.54, 1.807) is 0 Å². The number of carbonyl (C=O) groups is 1. The van der Waals surface area contributed by atoms with Gasteiger partial charge in [0.1, 0.15) is 0 Å². The third-order valence-corrected chi connectivity index (χ3v) is 4.49. The third kappa shape index (κ3) is 3.54. The number of hydrogen-bond acceptors (Lipinski definition) is 3. The lowest BCUT2D eigenvalue weighted by atomic mass is 10.1. The van der Waals surface area contributed by atoms with E-state index in [-0.39, 0.29) is 12.1 Å². The summed E-state index contributed by atoms with van der Waals surface area (Å²) in [6.45, 7) is 3.65. The smallest absolute Gasteiger partial charge is 0.315 e. The van der Waals surface area contributed by atoms with Gasteiger partial charge >= 0.3 is 6.03 Å². The number of aryl methyl sites for hydroxylation is 1. The molecule has 1 fully saturated rings. The standard InChI is InChI=1S/C16H21ClN2O3/c1-16(21-8-9-22-16)6-7-18-15(20)19-14-5-2-11-10-12(17)3-4-13(11)14/h3-4,10,14H,2,5-9H2,1H3,(H2,18,19,20)/t14-/m1/s1. The number of fused-ring (bicyclic) bond motifs is 1. The number of nitrogens with one attached hydrogen (secondary N) is 2. The Bertz CT molecular complexity index is 558. The van der Waals surface area contributed by atoms with Crippen LogP contribution in [0.15, 0.2) is 18.2 Å². The summed E-state index contributed by atoms with van der Waals surface area (Å²) in [5.74, 6) is -0.565. The van der Waals surface area contributed by atoms with Crippen LogP contribution in [0.4, 0.5) is 4.79 Å². The molecule has 0 bridgehead atoms. The second-order valence-corrected chi connectivity index (χ2v) is 6.35. The molecule has 0 spiro atoms. The van der Waals surface area contributed by atoms with Crippen molar-refractivity contribution in [3.05, 3.63) is 34.3 Å². The summed E-state index contributed by atoms with van der Waals surface area (Å²) in [4.78, 5) is 12.0. The lowest BCUT2D eigenvalue weighted by Crippen LogP contribution is -2.40. The van der Waals surface area contributed by atoms with E-state index in [1.165, 1.54) is 5.56 Å². The van der Waals surface area contributed by atoms with Crippen molar-refractivity contribution in [2.75, 3.05) is 19.8 Å². The summed E-state index contributed by atoms with van der Waals surface area (Å²) in [6, 6.07) is 5.74. The number of benzene rings is 1. The van der Waals surface area contributed by atoms with Crippen molar-refractivity contribution in [2.24, 2.45) is 0 Å². The van der Waals surface area contributed by atoms with Crippen molar-refractivity contribution in [2.45, 2.75) is 38.0 Å². The zero-order valence-corrected chi connectivity index (χ0v) is 13.4. The normalized spacial score (nSPS) is 22.4.